The van der Waals surface area contributed by atoms with Crippen LogP contribution in [-0.4, -0.2) is 34.4 Å². The lowest BCUT2D eigenvalue weighted by Crippen LogP contribution is -2.10. The first kappa shape index (κ1) is 24.5. The van der Waals surface area contributed by atoms with E-state index >= 15 is 0 Å². The maximum atomic E-state index is 13.1. The van der Waals surface area contributed by atoms with Crippen molar-refractivity contribution in [3.8, 4) is 40.2 Å². The Hall–Kier alpha value is -4.66. The molecule has 36 heavy (non-hydrogen) atoms. The van der Waals surface area contributed by atoms with Crippen molar-refractivity contribution in [3.63, 3.8) is 0 Å². The number of benzene rings is 3. The lowest BCUT2D eigenvalue weighted by molar-refractivity contribution is 0.0734. The number of esters is 1. The van der Waals surface area contributed by atoms with Gasteiger partial charge in [0.1, 0.15) is 28.6 Å². The monoisotopic (exact) mass is 492 g/mol. The largest absolute Gasteiger partial charge is 0.497 e. The number of fused-ring (bicyclic) bond motifs is 1. The molecule has 0 aliphatic heterocycles. The van der Waals surface area contributed by atoms with Gasteiger partial charge in [0.05, 0.1) is 39.4 Å². The van der Waals surface area contributed by atoms with E-state index in [1.54, 1.807) is 38.3 Å². The van der Waals surface area contributed by atoms with Crippen LogP contribution in [0, 0.1) is 6.92 Å². The van der Waals surface area contributed by atoms with E-state index in [4.69, 9.17) is 32.8 Å². The van der Waals surface area contributed by atoms with Crippen LogP contribution in [0.2, 0.25) is 0 Å². The van der Waals surface area contributed by atoms with Crippen molar-refractivity contribution in [2.75, 3.05) is 28.4 Å². The second kappa shape index (κ2) is 10.3. The van der Waals surface area contributed by atoms with E-state index in [9.17, 15) is 9.59 Å². The summed E-state index contributed by atoms with van der Waals surface area (Å²) < 4.78 is 38.2. The van der Waals surface area contributed by atoms with Crippen LogP contribution in [0.4, 0.5) is 0 Å². The molecule has 4 aromatic rings. The average Bonchev–Trinajstić information content (AvgIpc) is 2.90. The molecule has 0 aliphatic rings. The Morgan fingerprint density at radius 3 is 2.08 bits per heavy atom. The number of hydrogen-bond donors (Lipinski definition) is 0. The Bertz CT molecular complexity index is 1460. The van der Waals surface area contributed by atoms with Crippen LogP contribution in [0.25, 0.3) is 11.0 Å². The molecule has 1 aromatic heterocycles. The zero-order valence-corrected chi connectivity index (χ0v) is 20.4. The zero-order chi connectivity index (χ0) is 25.8. The second-order valence-corrected chi connectivity index (χ2v) is 7.56. The summed E-state index contributed by atoms with van der Waals surface area (Å²) in [5, 5.41) is 0.270. The molecule has 186 valence electrons. The SMILES string of the molecule is COc1cccc(Oc2c(C)oc3cc(OC(=O)c4cc(OC)c(OC)c(OC)c4)ccc3c2=O)c1. The summed E-state index contributed by atoms with van der Waals surface area (Å²) in [6.45, 7) is 1.62. The molecule has 0 amide bonds. The first-order chi connectivity index (χ1) is 17.4. The first-order valence-electron chi connectivity index (χ1n) is 10.8. The number of carbonyl (C=O) groups is 1. The molecule has 0 radical (unpaired) electrons. The fourth-order valence-corrected chi connectivity index (χ4v) is 3.60. The molecule has 0 saturated carbocycles. The maximum Gasteiger partial charge on any atom is 0.343 e. The van der Waals surface area contributed by atoms with Crippen molar-refractivity contribution < 1.29 is 37.6 Å². The van der Waals surface area contributed by atoms with E-state index < -0.39 is 5.97 Å². The molecular formula is C27H24O9. The Kier molecular flexibility index (Phi) is 7.00. The highest BCUT2D eigenvalue weighted by molar-refractivity contribution is 5.93. The molecule has 0 spiro atoms. The summed E-state index contributed by atoms with van der Waals surface area (Å²) in [5.41, 5.74) is 0.0639. The van der Waals surface area contributed by atoms with E-state index in [1.807, 2.05) is 0 Å². The van der Waals surface area contributed by atoms with Crippen molar-refractivity contribution in [1.29, 1.82) is 0 Å². The maximum absolute atomic E-state index is 13.1. The van der Waals surface area contributed by atoms with Crippen LogP contribution >= 0.6 is 0 Å². The van der Waals surface area contributed by atoms with Crippen LogP contribution in [0.1, 0.15) is 16.1 Å². The number of aryl methyl sites for hydroxylation is 1. The Balaban J connectivity index is 1.63. The van der Waals surface area contributed by atoms with Gasteiger partial charge >= 0.3 is 5.97 Å². The highest BCUT2D eigenvalue weighted by Crippen LogP contribution is 2.38. The first-order valence-corrected chi connectivity index (χ1v) is 10.8. The number of rotatable bonds is 8. The lowest BCUT2D eigenvalue weighted by atomic mass is 10.1. The molecule has 0 aliphatic carbocycles. The Labute approximate surface area is 206 Å². The van der Waals surface area contributed by atoms with Gasteiger partial charge in [0.25, 0.3) is 0 Å². The van der Waals surface area contributed by atoms with E-state index in [0.29, 0.717) is 28.7 Å². The van der Waals surface area contributed by atoms with E-state index in [0.717, 1.165) is 0 Å². The third-order valence-electron chi connectivity index (χ3n) is 5.36. The topological polar surface area (TPSA) is 103 Å². The van der Waals surface area contributed by atoms with Crippen molar-refractivity contribution in [1.82, 2.24) is 0 Å². The molecule has 4 rings (SSSR count). The minimum atomic E-state index is -0.661. The van der Waals surface area contributed by atoms with Gasteiger partial charge in [0, 0.05) is 12.1 Å². The summed E-state index contributed by atoms with van der Waals surface area (Å²) in [5.74, 6) is 1.85. The zero-order valence-electron chi connectivity index (χ0n) is 20.4. The number of hydrogen-bond acceptors (Lipinski definition) is 9. The summed E-state index contributed by atoms with van der Waals surface area (Å²) in [4.78, 5) is 25.9. The standard InChI is InChI=1S/C27H24O9/c1-15-25(35-18-8-6-7-17(13-18)30-2)24(28)20-10-9-19(14-21(20)34-15)36-27(29)16-11-22(31-3)26(33-5)23(12-16)32-4/h6-14H,1-5H3. The highest BCUT2D eigenvalue weighted by atomic mass is 16.5. The molecule has 0 N–H and O–H groups in total. The van der Waals surface area contributed by atoms with Crippen LogP contribution in [0.3, 0.4) is 0 Å². The van der Waals surface area contributed by atoms with Gasteiger partial charge in [-0.25, -0.2) is 4.79 Å². The highest BCUT2D eigenvalue weighted by Gasteiger charge is 2.20. The van der Waals surface area contributed by atoms with Gasteiger partial charge in [-0.1, -0.05) is 6.07 Å². The molecule has 9 nitrogen and oxygen atoms in total. The van der Waals surface area contributed by atoms with Crippen molar-refractivity contribution >= 4 is 16.9 Å². The molecule has 0 saturated heterocycles. The molecule has 0 fully saturated rings. The normalized spacial score (nSPS) is 10.6. The van der Waals surface area contributed by atoms with Gasteiger partial charge < -0.3 is 32.8 Å². The van der Waals surface area contributed by atoms with Gasteiger partial charge in [-0.15, -0.1) is 0 Å². The smallest absolute Gasteiger partial charge is 0.343 e. The molecule has 1 heterocycles. The number of ether oxygens (including phenoxy) is 6. The summed E-state index contributed by atoms with van der Waals surface area (Å²) >= 11 is 0. The second-order valence-electron chi connectivity index (χ2n) is 7.56. The fraction of sp³-hybridized carbons (Fsp3) is 0.185. The van der Waals surface area contributed by atoms with Crippen LogP contribution in [0.15, 0.2) is 63.8 Å². The van der Waals surface area contributed by atoms with Crippen LogP contribution in [-0.2, 0) is 0 Å². The van der Waals surface area contributed by atoms with Gasteiger partial charge in [0.2, 0.25) is 16.9 Å². The average molecular weight is 492 g/mol. The van der Waals surface area contributed by atoms with E-state index in [1.165, 1.54) is 51.7 Å². The van der Waals surface area contributed by atoms with Crippen molar-refractivity contribution in [2.24, 2.45) is 0 Å². The van der Waals surface area contributed by atoms with Gasteiger partial charge in [-0.2, -0.15) is 0 Å². The summed E-state index contributed by atoms with van der Waals surface area (Å²) in [6.07, 6.45) is 0. The third kappa shape index (κ3) is 4.76. The Morgan fingerprint density at radius 1 is 0.750 bits per heavy atom. The minimum Gasteiger partial charge on any atom is -0.497 e. The minimum absolute atomic E-state index is 0.0536. The van der Waals surface area contributed by atoms with Gasteiger partial charge in [-0.05, 0) is 43.3 Å². The molecule has 3 aromatic carbocycles. The Morgan fingerprint density at radius 2 is 1.44 bits per heavy atom. The number of carbonyl (C=O) groups excluding carboxylic acids is 1. The summed E-state index contributed by atoms with van der Waals surface area (Å²) in [6, 6.07) is 14.3. The fourth-order valence-electron chi connectivity index (χ4n) is 3.60. The summed E-state index contributed by atoms with van der Waals surface area (Å²) in [7, 11) is 5.91. The van der Waals surface area contributed by atoms with Crippen molar-refractivity contribution in [2.45, 2.75) is 6.92 Å². The van der Waals surface area contributed by atoms with E-state index in [-0.39, 0.29) is 39.2 Å². The predicted octanol–water partition coefficient (Wildman–Crippen LogP) is 5.15. The molecule has 0 bridgehead atoms. The van der Waals surface area contributed by atoms with Crippen molar-refractivity contribution in [3.05, 3.63) is 76.1 Å². The lowest BCUT2D eigenvalue weighted by Gasteiger charge is -2.14. The van der Waals surface area contributed by atoms with Gasteiger partial charge in [0.15, 0.2) is 11.5 Å². The quantitative estimate of drug-likeness (QED) is 0.244. The molecule has 0 unspecified atom stereocenters. The van der Waals surface area contributed by atoms with E-state index in [2.05, 4.69) is 0 Å². The van der Waals surface area contributed by atoms with Crippen LogP contribution < -0.4 is 33.8 Å². The predicted molar refractivity (Wildman–Crippen MR) is 131 cm³/mol. The van der Waals surface area contributed by atoms with Gasteiger partial charge in [-0.3, -0.25) is 4.79 Å². The molecule has 9 heteroatoms. The third-order valence-corrected chi connectivity index (χ3v) is 5.36. The molecular weight excluding hydrogens is 468 g/mol. The van der Waals surface area contributed by atoms with Crippen LogP contribution in [0.5, 0.6) is 40.2 Å². The molecule has 0 atom stereocenters. The number of methoxy groups -OCH3 is 4.